The van der Waals surface area contributed by atoms with Crippen molar-refractivity contribution in [2.75, 3.05) is 13.7 Å². The molecule has 0 spiro atoms. The number of benzene rings is 2. The van der Waals surface area contributed by atoms with Crippen LogP contribution in [-0.2, 0) is 11.3 Å². The van der Waals surface area contributed by atoms with Crippen molar-refractivity contribution in [2.45, 2.75) is 13.5 Å². The van der Waals surface area contributed by atoms with E-state index >= 15 is 0 Å². The van der Waals surface area contributed by atoms with Crippen molar-refractivity contribution in [1.29, 1.82) is 0 Å². The first kappa shape index (κ1) is 19.3. The first-order valence-electron chi connectivity index (χ1n) is 8.33. The zero-order chi connectivity index (χ0) is 19.4. The molecule has 3 rings (SSSR count). The molecule has 2 aromatic carbocycles. The number of ether oxygens (including phenoxy) is 2. The van der Waals surface area contributed by atoms with Gasteiger partial charge in [0.2, 0.25) is 0 Å². The maximum atomic E-state index is 12.7. The van der Waals surface area contributed by atoms with E-state index in [-0.39, 0.29) is 17.7 Å². The lowest BCUT2D eigenvalue weighted by Crippen LogP contribution is -2.27. The molecule has 1 aliphatic heterocycles. The van der Waals surface area contributed by atoms with Crippen molar-refractivity contribution in [3.8, 4) is 11.5 Å². The molecule has 2 aromatic rings. The summed E-state index contributed by atoms with van der Waals surface area (Å²) >= 11 is 7.06. The van der Waals surface area contributed by atoms with Gasteiger partial charge in [0, 0.05) is 5.02 Å². The molecule has 0 radical (unpaired) electrons. The van der Waals surface area contributed by atoms with Gasteiger partial charge in [-0.25, -0.2) is 0 Å². The lowest BCUT2D eigenvalue weighted by molar-refractivity contribution is -0.123. The first-order valence-corrected chi connectivity index (χ1v) is 9.52. The Morgan fingerprint density at radius 3 is 2.63 bits per heavy atom. The highest BCUT2D eigenvalue weighted by atomic mass is 35.5. The van der Waals surface area contributed by atoms with Crippen molar-refractivity contribution < 1.29 is 19.1 Å². The third kappa shape index (κ3) is 4.28. The summed E-state index contributed by atoms with van der Waals surface area (Å²) in [5.41, 5.74) is 1.48. The largest absolute Gasteiger partial charge is 0.493 e. The Balaban J connectivity index is 1.84. The van der Waals surface area contributed by atoms with Crippen LogP contribution < -0.4 is 9.47 Å². The van der Waals surface area contributed by atoms with Gasteiger partial charge in [0.25, 0.3) is 11.1 Å². The van der Waals surface area contributed by atoms with Gasteiger partial charge in [0.1, 0.15) is 0 Å². The second kappa shape index (κ2) is 8.50. The zero-order valence-corrected chi connectivity index (χ0v) is 16.5. The summed E-state index contributed by atoms with van der Waals surface area (Å²) in [6.07, 6.45) is 1.68. The van der Waals surface area contributed by atoms with Gasteiger partial charge in [-0.15, -0.1) is 0 Å². The molecule has 27 heavy (non-hydrogen) atoms. The molecule has 0 bridgehead atoms. The molecular weight excluding hydrogens is 386 g/mol. The number of hydrogen-bond acceptors (Lipinski definition) is 5. The summed E-state index contributed by atoms with van der Waals surface area (Å²) in [5, 5.41) is 0.210. The van der Waals surface area contributed by atoms with Gasteiger partial charge < -0.3 is 9.47 Å². The number of imide groups is 1. The average Bonchev–Trinajstić information content (AvgIpc) is 2.91. The Kier molecular flexibility index (Phi) is 6.08. The lowest BCUT2D eigenvalue weighted by Gasteiger charge is -2.13. The van der Waals surface area contributed by atoms with Gasteiger partial charge in [0.05, 0.1) is 25.2 Å². The Morgan fingerprint density at radius 1 is 1.15 bits per heavy atom. The smallest absolute Gasteiger partial charge is 0.293 e. The van der Waals surface area contributed by atoms with Crippen molar-refractivity contribution in [3.05, 3.63) is 63.5 Å². The summed E-state index contributed by atoms with van der Waals surface area (Å²) in [6, 6.07) is 12.5. The maximum Gasteiger partial charge on any atom is 0.293 e. The van der Waals surface area contributed by atoms with Gasteiger partial charge in [-0.1, -0.05) is 35.9 Å². The Hall–Kier alpha value is -2.44. The first-order chi connectivity index (χ1) is 13.0. The third-order valence-corrected chi connectivity index (χ3v) is 5.22. The molecule has 0 saturated carbocycles. The Labute approximate surface area is 166 Å². The Bertz CT molecular complexity index is 913. The van der Waals surface area contributed by atoms with E-state index in [9.17, 15) is 9.59 Å². The van der Waals surface area contributed by atoms with Crippen LogP contribution in [0.2, 0.25) is 5.02 Å². The van der Waals surface area contributed by atoms with Crippen molar-refractivity contribution in [2.24, 2.45) is 0 Å². The minimum absolute atomic E-state index is 0.147. The fourth-order valence-electron chi connectivity index (χ4n) is 2.64. The zero-order valence-electron chi connectivity index (χ0n) is 14.9. The highest BCUT2D eigenvalue weighted by molar-refractivity contribution is 8.18. The molecule has 0 atom stereocenters. The van der Waals surface area contributed by atoms with E-state index in [0.717, 1.165) is 22.9 Å². The van der Waals surface area contributed by atoms with Gasteiger partial charge in [-0.2, -0.15) is 0 Å². The standard InChI is InChI=1S/C20H18ClNO4S/c1-3-26-17-10-13(8-9-16(17)25-2)11-18-19(23)22(20(24)27-18)12-14-6-4-5-7-15(14)21/h4-11H,3,12H2,1-2H3/b18-11-. The highest BCUT2D eigenvalue weighted by Gasteiger charge is 2.35. The minimum atomic E-state index is -0.335. The molecule has 0 aliphatic carbocycles. The number of hydrogen-bond donors (Lipinski definition) is 0. The van der Waals surface area contributed by atoms with E-state index < -0.39 is 0 Å². The van der Waals surface area contributed by atoms with Crippen LogP contribution in [0.1, 0.15) is 18.1 Å². The molecule has 1 fully saturated rings. The van der Waals surface area contributed by atoms with Crippen molar-refractivity contribution in [1.82, 2.24) is 4.90 Å². The van der Waals surface area contributed by atoms with Gasteiger partial charge in [-0.3, -0.25) is 14.5 Å². The number of halogens is 1. The molecule has 0 N–H and O–H groups in total. The van der Waals surface area contributed by atoms with Crippen LogP contribution >= 0.6 is 23.4 Å². The topological polar surface area (TPSA) is 55.8 Å². The minimum Gasteiger partial charge on any atom is -0.493 e. The Morgan fingerprint density at radius 2 is 1.93 bits per heavy atom. The quantitative estimate of drug-likeness (QED) is 0.636. The van der Waals surface area contributed by atoms with Crippen LogP contribution in [0.25, 0.3) is 6.08 Å². The fourth-order valence-corrected chi connectivity index (χ4v) is 3.67. The monoisotopic (exact) mass is 403 g/mol. The number of methoxy groups -OCH3 is 1. The molecule has 140 valence electrons. The van der Waals surface area contributed by atoms with Crippen LogP contribution in [0.3, 0.4) is 0 Å². The van der Waals surface area contributed by atoms with E-state index in [1.807, 2.05) is 19.1 Å². The van der Waals surface area contributed by atoms with Gasteiger partial charge in [-0.05, 0) is 54.1 Å². The predicted molar refractivity (Wildman–Crippen MR) is 107 cm³/mol. The van der Waals surface area contributed by atoms with E-state index in [1.54, 1.807) is 43.5 Å². The van der Waals surface area contributed by atoms with E-state index in [1.165, 1.54) is 4.90 Å². The average molecular weight is 404 g/mol. The number of rotatable bonds is 6. The summed E-state index contributed by atoms with van der Waals surface area (Å²) in [6.45, 7) is 2.52. The number of carbonyl (C=O) groups is 2. The molecule has 1 heterocycles. The predicted octanol–water partition coefficient (Wildman–Crippen LogP) is 4.98. The van der Waals surface area contributed by atoms with Crippen molar-refractivity contribution >= 4 is 40.6 Å². The lowest BCUT2D eigenvalue weighted by atomic mass is 10.1. The summed E-state index contributed by atoms with van der Waals surface area (Å²) < 4.78 is 10.8. The normalized spacial score (nSPS) is 15.5. The second-order valence-electron chi connectivity index (χ2n) is 5.70. The molecule has 0 aromatic heterocycles. The molecule has 5 nitrogen and oxygen atoms in total. The summed E-state index contributed by atoms with van der Waals surface area (Å²) in [4.78, 5) is 26.6. The number of thioether (sulfide) groups is 1. The maximum absolute atomic E-state index is 12.7. The summed E-state index contributed by atoms with van der Waals surface area (Å²) in [5.74, 6) is 0.864. The van der Waals surface area contributed by atoms with E-state index in [4.69, 9.17) is 21.1 Å². The fraction of sp³-hybridized carbons (Fsp3) is 0.200. The SMILES string of the molecule is CCOc1cc(/C=C2\SC(=O)N(Cc3ccccc3Cl)C2=O)ccc1OC. The molecule has 7 heteroatoms. The molecular formula is C20H18ClNO4S. The van der Waals surface area contributed by atoms with E-state index in [2.05, 4.69) is 0 Å². The van der Waals surface area contributed by atoms with Crippen LogP contribution in [0.15, 0.2) is 47.4 Å². The molecule has 2 amide bonds. The number of nitrogens with zero attached hydrogens (tertiary/aromatic N) is 1. The summed E-state index contributed by atoms with van der Waals surface area (Å²) in [7, 11) is 1.57. The number of amides is 2. The second-order valence-corrected chi connectivity index (χ2v) is 7.10. The van der Waals surface area contributed by atoms with Gasteiger partial charge >= 0.3 is 0 Å². The van der Waals surface area contributed by atoms with Crippen LogP contribution in [0.4, 0.5) is 4.79 Å². The van der Waals surface area contributed by atoms with Crippen LogP contribution in [0, 0.1) is 0 Å². The van der Waals surface area contributed by atoms with Gasteiger partial charge in [0.15, 0.2) is 11.5 Å². The molecule has 1 aliphatic rings. The molecule has 0 unspecified atom stereocenters. The van der Waals surface area contributed by atoms with E-state index in [0.29, 0.717) is 28.0 Å². The van der Waals surface area contributed by atoms with Crippen LogP contribution in [-0.4, -0.2) is 29.8 Å². The highest BCUT2D eigenvalue weighted by Crippen LogP contribution is 2.35. The molecule has 1 saturated heterocycles. The van der Waals surface area contributed by atoms with Crippen LogP contribution in [0.5, 0.6) is 11.5 Å². The number of carbonyl (C=O) groups excluding carboxylic acids is 2. The van der Waals surface area contributed by atoms with Crippen molar-refractivity contribution in [3.63, 3.8) is 0 Å². The third-order valence-electron chi connectivity index (χ3n) is 3.95.